The first-order valence-electron chi connectivity index (χ1n) is 10.3. The molecule has 8 nitrogen and oxygen atoms in total. The Kier molecular flexibility index (Phi) is 8.20. The van der Waals surface area contributed by atoms with Gasteiger partial charge < -0.3 is 13.7 Å². The highest BCUT2D eigenvalue weighted by Gasteiger charge is 2.32. The van der Waals surface area contributed by atoms with Crippen molar-refractivity contribution in [2.24, 2.45) is 5.10 Å². The lowest BCUT2D eigenvalue weighted by molar-refractivity contribution is -0.137. The van der Waals surface area contributed by atoms with Gasteiger partial charge in [-0.3, -0.25) is 4.79 Å². The third-order valence-corrected chi connectivity index (χ3v) is 6.11. The minimum absolute atomic E-state index is 0.0270. The molecule has 0 unspecified atom stereocenters. The third-order valence-electron chi connectivity index (χ3n) is 4.79. The van der Waals surface area contributed by atoms with Crippen molar-refractivity contribution in [2.45, 2.75) is 17.5 Å². The van der Waals surface area contributed by atoms with E-state index in [4.69, 9.17) is 13.7 Å². The molecular formula is C24H21F3N2O6S. The zero-order valence-corrected chi connectivity index (χ0v) is 19.9. The summed E-state index contributed by atoms with van der Waals surface area (Å²) in [5.74, 6) is 0.245. The van der Waals surface area contributed by atoms with Gasteiger partial charge in [-0.15, -0.1) is 0 Å². The molecule has 1 N–H and O–H groups in total. The van der Waals surface area contributed by atoms with E-state index in [0.29, 0.717) is 29.2 Å². The van der Waals surface area contributed by atoms with Crippen LogP contribution in [0, 0.1) is 0 Å². The van der Waals surface area contributed by atoms with Crippen LogP contribution < -0.4 is 19.1 Å². The summed E-state index contributed by atoms with van der Waals surface area (Å²) in [6.45, 7) is 0. The van der Waals surface area contributed by atoms with Crippen molar-refractivity contribution in [3.63, 3.8) is 0 Å². The monoisotopic (exact) mass is 522 g/mol. The highest BCUT2D eigenvalue weighted by Crippen LogP contribution is 2.32. The molecule has 3 aromatic rings. The molecule has 1 amide bonds. The van der Waals surface area contributed by atoms with E-state index in [9.17, 15) is 26.4 Å². The van der Waals surface area contributed by atoms with E-state index in [1.54, 1.807) is 24.3 Å². The van der Waals surface area contributed by atoms with Crippen molar-refractivity contribution < 1.29 is 40.0 Å². The van der Waals surface area contributed by atoms with Crippen molar-refractivity contribution in [3.8, 4) is 17.2 Å². The zero-order chi connectivity index (χ0) is 26.3. The van der Waals surface area contributed by atoms with E-state index in [0.717, 1.165) is 12.3 Å². The largest absolute Gasteiger partial charge is 0.497 e. The maximum atomic E-state index is 13.3. The molecule has 0 aromatic heterocycles. The molecule has 3 aromatic carbocycles. The van der Waals surface area contributed by atoms with Crippen LogP contribution in [-0.4, -0.2) is 34.8 Å². The highest BCUT2D eigenvalue weighted by molar-refractivity contribution is 7.87. The van der Waals surface area contributed by atoms with E-state index >= 15 is 0 Å². The molecule has 3 rings (SSSR count). The van der Waals surface area contributed by atoms with Gasteiger partial charge in [0.25, 0.3) is 0 Å². The van der Waals surface area contributed by atoms with Gasteiger partial charge in [0, 0.05) is 11.1 Å². The van der Waals surface area contributed by atoms with Crippen molar-refractivity contribution >= 4 is 22.2 Å². The van der Waals surface area contributed by atoms with Crippen LogP contribution >= 0.6 is 0 Å². The van der Waals surface area contributed by atoms with Crippen LogP contribution in [0.1, 0.15) is 16.7 Å². The number of methoxy groups -OCH3 is 2. The van der Waals surface area contributed by atoms with Crippen LogP contribution in [0.2, 0.25) is 0 Å². The van der Waals surface area contributed by atoms with E-state index in [-0.39, 0.29) is 12.2 Å². The summed E-state index contributed by atoms with van der Waals surface area (Å²) < 4.78 is 80.7. The number of rotatable bonds is 9. The number of hydrazone groups is 1. The Labute approximate surface area is 205 Å². The van der Waals surface area contributed by atoms with Crippen LogP contribution in [-0.2, 0) is 27.5 Å². The Morgan fingerprint density at radius 2 is 1.69 bits per heavy atom. The van der Waals surface area contributed by atoms with Gasteiger partial charge in [0.2, 0.25) is 5.91 Å². The molecule has 0 heterocycles. The minimum atomic E-state index is -4.74. The Morgan fingerprint density at radius 1 is 0.972 bits per heavy atom. The molecule has 12 heteroatoms. The van der Waals surface area contributed by atoms with Gasteiger partial charge in [-0.25, -0.2) is 5.43 Å². The minimum Gasteiger partial charge on any atom is -0.497 e. The fourth-order valence-electron chi connectivity index (χ4n) is 3.11. The van der Waals surface area contributed by atoms with Gasteiger partial charge in [0.15, 0.2) is 0 Å². The SMILES string of the molecule is COc1ccc(OC)c(CC(=O)NN=Cc2cc(C(F)(F)F)ccc2S(=O)(=O)Oc2ccccc2)c1. The summed E-state index contributed by atoms with van der Waals surface area (Å²) in [7, 11) is -1.64. The number of halogens is 3. The zero-order valence-electron chi connectivity index (χ0n) is 19.1. The topological polar surface area (TPSA) is 103 Å². The van der Waals surface area contributed by atoms with Gasteiger partial charge in [-0.2, -0.15) is 26.7 Å². The lowest BCUT2D eigenvalue weighted by Crippen LogP contribution is -2.20. The first kappa shape index (κ1) is 26.5. The Hall–Kier alpha value is -4.06. The second-order valence-electron chi connectivity index (χ2n) is 7.25. The Morgan fingerprint density at radius 3 is 2.33 bits per heavy atom. The predicted octanol–water partition coefficient (Wildman–Crippen LogP) is 4.18. The first-order chi connectivity index (χ1) is 17.0. The number of benzene rings is 3. The van der Waals surface area contributed by atoms with E-state index in [1.807, 2.05) is 0 Å². The fourth-order valence-corrected chi connectivity index (χ4v) is 4.20. The molecule has 36 heavy (non-hydrogen) atoms. The normalized spacial score (nSPS) is 11.8. The Bertz CT molecular complexity index is 1360. The summed E-state index contributed by atoms with van der Waals surface area (Å²) in [5, 5.41) is 3.66. The van der Waals surface area contributed by atoms with Gasteiger partial charge in [0.05, 0.1) is 32.4 Å². The molecule has 0 saturated heterocycles. The number of ether oxygens (including phenoxy) is 2. The second kappa shape index (κ2) is 11.1. The average molecular weight is 523 g/mol. The maximum absolute atomic E-state index is 13.3. The Balaban J connectivity index is 1.86. The van der Waals surface area contributed by atoms with Crippen molar-refractivity contribution in [2.75, 3.05) is 14.2 Å². The van der Waals surface area contributed by atoms with Crippen molar-refractivity contribution in [3.05, 3.63) is 83.4 Å². The quantitative estimate of drug-likeness (QED) is 0.257. The molecule has 190 valence electrons. The summed E-state index contributed by atoms with van der Waals surface area (Å²) in [6.07, 6.45) is -4.13. The van der Waals surface area contributed by atoms with Gasteiger partial charge in [-0.05, 0) is 48.5 Å². The van der Waals surface area contributed by atoms with Crippen LogP contribution in [0.4, 0.5) is 13.2 Å². The second-order valence-corrected chi connectivity index (χ2v) is 8.76. The van der Waals surface area contributed by atoms with Crippen molar-refractivity contribution in [1.29, 1.82) is 0 Å². The van der Waals surface area contributed by atoms with Crippen LogP contribution in [0.3, 0.4) is 0 Å². The number of amides is 1. The molecule has 0 radical (unpaired) electrons. The van der Waals surface area contributed by atoms with E-state index in [1.165, 1.54) is 38.5 Å². The lowest BCUT2D eigenvalue weighted by Gasteiger charge is -2.12. The van der Waals surface area contributed by atoms with Gasteiger partial charge in [0.1, 0.15) is 22.1 Å². The van der Waals surface area contributed by atoms with Crippen LogP contribution in [0.25, 0.3) is 0 Å². The average Bonchev–Trinajstić information content (AvgIpc) is 2.83. The van der Waals surface area contributed by atoms with Gasteiger partial charge >= 0.3 is 16.3 Å². The molecule has 0 aliphatic rings. The molecule has 0 aliphatic carbocycles. The molecule has 0 fully saturated rings. The van der Waals surface area contributed by atoms with E-state index < -0.39 is 38.2 Å². The number of carbonyl (C=O) groups excluding carboxylic acids is 1. The summed E-state index contributed by atoms with van der Waals surface area (Å²) >= 11 is 0. The summed E-state index contributed by atoms with van der Waals surface area (Å²) in [4.78, 5) is 11.8. The number of para-hydroxylation sites is 1. The third kappa shape index (κ3) is 6.75. The summed E-state index contributed by atoms with van der Waals surface area (Å²) in [5.41, 5.74) is 1.12. The number of nitrogens with one attached hydrogen (secondary N) is 1. The first-order valence-corrected chi connectivity index (χ1v) is 11.7. The smallest absolute Gasteiger partial charge is 0.416 e. The van der Waals surface area contributed by atoms with E-state index in [2.05, 4.69) is 10.5 Å². The van der Waals surface area contributed by atoms with Crippen molar-refractivity contribution in [1.82, 2.24) is 5.43 Å². The standard InChI is InChI=1S/C24H21F3N2O6S/c1-33-20-9-10-21(34-2)16(13-20)14-23(30)29-28-15-17-12-18(24(25,26)27)8-11-22(17)36(31,32)35-19-6-4-3-5-7-19/h3-13,15H,14H2,1-2H3,(H,29,30). The number of alkyl halides is 3. The molecule has 0 saturated carbocycles. The van der Waals surface area contributed by atoms with Gasteiger partial charge in [-0.1, -0.05) is 18.2 Å². The number of nitrogens with zero attached hydrogens (tertiary/aromatic N) is 1. The van der Waals surface area contributed by atoms with Crippen LogP contribution in [0.15, 0.2) is 76.7 Å². The molecule has 0 aliphatic heterocycles. The highest BCUT2D eigenvalue weighted by atomic mass is 32.2. The molecule has 0 spiro atoms. The summed E-state index contributed by atoms with van der Waals surface area (Å²) in [6, 6.07) is 14.3. The van der Waals surface area contributed by atoms with Crippen LogP contribution in [0.5, 0.6) is 17.2 Å². The number of hydrogen-bond donors (Lipinski definition) is 1. The fraction of sp³-hybridized carbons (Fsp3) is 0.167. The molecule has 0 bridgehead atoms. The molecular weight excluding hydrogens is 501 g/mol. The number of carbonyl (C=O) groups is 1. The molecule has 0 atom stereocenters. The maximum Gasteiger partial charge on any atom is 0.416 e. The predicted molar refractivity (Wildman–Crippen MR) is 125 cm³/mol. The lowest BCUT2D eigenvalue weighted by atomic mass is 10.1. The number of hydrogen-bond acceptors (Lipinski definition) is 7.